The Bertz CT molecular complexity index is 1190. The van der Waals surface area contributed by atoms with Crippen molar-refractivity contribution in [3.8, 4) is 0 Å². The van der Waals surface area contributed by atoms with Crippen molar-refractivity contribution in [2.45, 2.75) is 9.79 Å². The van der Waals surface area contributed by atoms with Gasteiger partial charge in [0.25, 0.3) is 15.9 Å². The molecule has 27 heavy (non-hydrogen) atoms. The number of hydrogen-bond donors (Lipinski definition) is 3. The van der Waals surface area contributed by atoms with Crippen molar-refractivity contribution >= 4 is 44.3 Å². The van der Waals surface area contributed by atoms with Gasteiger partial charge in [-0.2, -0.15) is 0 Å². The molecule has 0 spiro atoms. The minimum atomic E-state index is -3.90. The molecule has 9 heteroatoms. The third-order valence-corrected chi connectivity index (χ3v) is 6.06. The van der Waals surface area contributed by atoms with E-state index in [0.29, 0.717) is 11.2 Å². The van der Waals surface area contributed by atoms with Gasteiger partial charge in [0.15, 0.2) is 0 Å². The second-order valence-corrected chi connectivity index (χ2v) is 8.22. The number of carbonyl (C=O) groups is 1. The van der Waals surface area contributed by atoms with Crippen LogP contribution in [-0.4, -0.2) is 32.6 Å². The summed E-state index contributed by atoms with van der Waals surface area (Å²) in [5.41, 5.74) is 0.246. The van der Waals surface area contributed by atoms with Crippen LogP contribution in [0.15, 0.2) is 63.2 Å². The van der Waals surface area contributed by atoms with Crippen LogP contribution in [0, 0.1) is 0 Å². The lowest BCUT2D eigenvalue weighted by molar-refractivity contribution is 0.0962. The number of amides is 1. The lowest BCUT2D eigenvalue weighted by atomic mass is 10.1. The highest BCUT2D eigenvalue weighted by Crippen LogP contribution is 2.23. The van der Waals surface area contributed by atoms with Gasteiger partial charge in [-0.25, -0.2) is 8.42 Å². The molecule has 0 aliphatic heterocycles. The summed E-state index contributed by atoms with van der Waals surface area (Å²) in [6.07, 6.45) is 3.21. The largest absolute Gasteiger partial charge is 0.360 e. The number of H-pyrrole nitrogens is 1. The van der Waals surface area contributed by atoms with Crippen molar-refractivity contribution in [1.82, 2.24) is 10.3 Å². The van der Waals surface area contributed by atoms with E-state index in [-0.39, 0.29) is 15.8 Å². The van der Waals surface area contributed by atoms with E-state index in [1.165, 1.54) is 43.2 Å². The molecule has 3 aromatic rings. The zero-order chi connectivity index (χ0) is 19.6. The molecule has 0 atom stereocenters. The number of thioether (sulfide) groups is 1. The minimum absolute atomic E-state index is 0.0656. The fraction of sp³-hybridized carbons (Fsp3) is 0.111. The summed E-state index contributed by atoms with van der Waals surface area (Å²) in [6.45, 7) is 0. The minimum Gasteiger partial charge on any atom is -0.360 e. The van der Waals surface area contributed by atoms with Gasteiger partial charge in [0, 0.05) is 34.7 Å². The number of aromatic nitrogens is 1. The molecule has 0 saturated carbocycles. The van der Waals surface area contributed by atoms with Gasteiger partial charge in [-0.15, -0.1) is 11.8 Å². The first-order chi connectivity index (χ1) is 12.9. The summed E-state index contributed by atoms with van der Waals surface area (Å²) in [5.74, 6) is -0.543. The van der Waals surface area contributed by atoms with Crippen molar-refractivity contribution in [2.24, 2.45) is 0 Å². The van der Waals surface area contributed by atoms with Gasteiger partial charge in [0.05, 0.1) is 4.90 Å². The van der Waals surface area contributed by atoms with E-state index in [9.17, 15) is 18.0 Å². The molecule has 7 nitrogen and oxygen atoms in total. The number of hydrogen-bond acceptors (Lipinski definition) is 5. The monoisotopic (exact) mass is 403 g/mol. The van der Waals surface area contributed by atoms with Crippen LogP contribution in [0.3, 0.4) is 0 Å². The molecule has 3 N–H and O–H groups in total. The Hall–Kier alpha value is -2.78. The van der Waals surface area contributed by atoms with Gasteiger partial charge in [-0.1, -0.05) is 6.07 Å². The number of anilines is 1. The molecule has 0 saturated heterocycles. The quantitative estimate of drug-likeness (QED) is 0.567. The number of sulfonamides is 1. The Balaban J connectivity index is 2.06. The zero-order valence-electron chi connectivity index (χ0n) is 14.6. The second-order valence-electron chi connectivity index (χ2n) is 5.66. The highest BCUT2D eigenvalue weighted by atomic mass is 32.2. The predicted octanol–water partition coefficient (Wildman–Crippen LogP) is 2.41. The first kappa shape index (κ1) is 19.0. The van der Waals surface area contributed by atoms with Gasteiger partial charge >= 0.3 is 0 Å². The van der Waals surface area contributed by atoms with Crippen LogP contribution in [0.1, 0.15) is 10.4 Å². The van der Waals surface area contributed by atoms with Crippen LogP contribution in [0.25, 0.3) is 10.9 Å². The van der Waals surface area contributed by atoms with Crippen molar-refractivity contribution in [3.63, 3.8) is 0 Å². The molecular weight excluding hydrogens is 386 g/mol. The number of nitrogens with one attached hydrogen (secondary N) is 3. The summed E-state index contributed by atoms with van der Waals surface area (Å²) < 4.78 is 28.0. The molecule has 0 fully saturated rings. The fourth-order valence-corrected chi connectivity index (χ4v) is 4.10. The maximum absolute atomic E-state index is 12.7. The summed E-state index contributed by atoms with van der Waals surface area (Å²) in [6, 6.07) is 11.2. The molecule has 1 amide bonds. The Morgan fingerprint density at radius 1 is 1.15 bits per heavy atom. The summed E-state index contributed by atoms with van der Waals surface area (Å²) >= 11 is 1.50. The average Bonchev–Trinajstić information content (AvgIpc) is 2.67. The number of aromatic amines is 1. The van der Waals surface area contributed by atoms with Crippen molar-refractivity contribution in [3.05, 3.63) is 64.4 Å². The highest BCUT2D eigenvalue weighted by molar-refractivity contribution is 7.98. The molecule has 0 aliphatic carbocycles. The molecule has 0 radical (unpaired) electrons. The summed E-state index contributed by atoms with van der Waals surface area (Å²) in [5, 5.41) is 2.51. The van der Waals surface area contributed by atoms with E-state index >= 15 is 0 Å². The maximum atomic E-state index is 12.7. The lowest BCUT2D eigenvalue weighted by Gasteiger charge is -2.10. The normalized spacial score (nSPS) is 11.3. The van der Waals surface area contributed by atoms with Crippen LogP contribution in [0.4, 0.5) is 5.69 Å². The van der Waals surface area contributed by atoms with E-state index in [1.807, 2.05) is 12.3 Å². The molecule has 2 aromatic carbocycles. The standard InChI is InChI=1S/C18H17N3O4S2/c1-19-18(23)15-10-20-16-7-6-13(9-14(16)17(15)22)27(24,25)21-11-4-3-5-12(8-11)26-2/h3-10,21H,1-2H3,(H,19,23)(H,20,22). The molecule has 0 bridgehead atoms. The van der Waals surface area contributed by atoms with E-state index in [0.717, 1.165) is 4.90 Å². The first-order valence-electron chi connectivity index (χ1n) is 7.90. The number of benzene rings is 2. The second kappa shape index (κ2) is 7.45. The predicted molar refractivity (Wildman–Crippen MR) is 107 cm³/mol. The van der Waals surface area contributed by atoms with Crippen LogP contribution in [-0.2, 0) is 10.0 Å². The van der Waals surface area contributed by atoms with Gasteiger partial charge in [-0.05, 0) is 42.7 Å². The molecule has 0 unspecified atom stereocenters. The molecule has 1 aromatic heterocycles. The molecule has 0 aliphatic rings. The first-order valence-corrected chi connectivity index (χ1v) is 10.6. The van der Waals surface area contributed by atoms with Crippen molar-refractivity contribution in [1.29, 1.82) is 0 Å². The lowest BCUT2D eigenvalue weighted by Crippen LogP contribution is -2.25. The Morgan fingerprint density at radius 2 is 1.93 bits per heavy atom. The van der Waals surface area contributed by atoms with E-state index in [1.54, 1.807) is 18.2 Å². The number of fused-ring (bicyclic) bond motifs is 1. The van der Waals surface area contributed by atoms with Crippen molar-refractivity contribution in [2.75, 3.05) is 18.0 Å². The molecule has 1 heterocycles. The van der Waals surface area contributed by atoms with E-state index in [2.05, 4.69) is 15.0 Å². The van der Waals surface area contributed by atoms with Gasteiger partial charge in [0.2, 0.25) is 5.43 Å². The number of pyridine rings is 1. The topological polar surface area (TPSA) is 108 Å². The summed E-state index contributed by atoms with van der Waals surface area (Å²) in [7, 11) is -2.48. The highest BCUT2D eigenvalue weighted by Gasteiger charge is 2.18. The van der Waals surface area contributed by atoms with E-state index < -0.39 is 21.4 Å². The molecule has 3 rings (SSSR count). The van der Waals surface area contributed by atoms with Crippen LogP contribution >= 0.6 is 11.8 Å². The Labute approximate surface area is 160 Å². The van der Waals surface area contributed by atoms with Gasteiger partial charge in [-0.3, -0.25) is 14.3 Å². The van der Waals surface area contributed by atoms with Crippen LogP contribution < -0.4 is 15.5 Å². The smallest absolute Gasteiger partial charge is 0.261 e. The van der Waals surface area contributed by atoms with Gasteiger partial charge in [0.1, 0.15) is 5.56 Å². The fourth-order valence-electron chi connectivity index (χ4n) is 2.57. The summed E-state index contributed by atoms with van der Waals surface area (Å²) in [4.78, 5) is 28.0. The average molecular weight is 403 g/mol. The van der Waals surface area contributed by atoms with Crippen LogP contribution in [0.2, 0.25) is 0 Å². The number of carbonyl (C=O) groups excluding carboxylic acids is 1. The zero-order valence-corrected chi connectivity index (χ0v) is 16.2. The SMILES string of the molecule is CNC(=O)c1c[nH]c2ccc(S(=O)(=O)Nc3cccc(SC)c3)cc2c1=O. The molecule has 140 valence electrons. The number of rotatable bonds is 5. The Morgan fingerprint density at radius 3 is 2.63 bits per heavy atom. The third-order valence-electron chi connectivity index (χ3n) is 3.96. The van der Waals surface area contributed by atoms with Crippen molar-refractivity contribution < 1.29 is 13.2 Å². The van der Waals surface area contributed by atoms with Gasteiger partial charge < -0.3 is 10.3 Å². The van der Waals surface area contributed by atoms with E-state index in [4.69, 9.17) is 0 Å². The molecular formula is C18H17N3O4S2. The van der Waals surface area contributed by atoms with Crippen LogP contribution in [0.5, 0.6) is 0 Å². The maximum Gasteiger partial charge on any atom is 0.261 e. The third kappa shape index (κ3) is 3.83. The Kier molecular flexibility index (Phi) is 5.24.